The minimum atomic E-state index is -0.140. The summed E-state index contributed by atoms with van der Waals surface area (Å²) in [5.41, 5.74) is 2.39. The number of ether oxygens (including phenoxy) is 1. The Morgan fingerprint density at radius 1 is 1.31 bits per heavy atom. The minimum absolute atomic E-state index is 0.140. The standard InChI is InChI=1S/C15H22O/c1-6-8-13-11-14(16-15(3,4)5)10-9-12(13)7-2/h7,9-11H,2,6,8H2,1,3-5H3. The van der Waals surface area contributed by atoms with Gasteiger partial charge in [-0.05, 0) is 50.5 Å². The van der Waals surface area contributed by atoms with Crippen molar-refractivity contribution in [2.45, 2.75) is 46.1 Å². The Balaban J connectivity index is 2.97. The first-order valence-electron chi connectivity index (χ1n) is 5.90. The molecule has 88 valence electrons. The predicted molar refractivity (Wildman–Crippen MR) is 70.9 cm³/mol. The van der Waals surface area contributed by atoms with Gasteiger partial charge in [0, 0.05) is 0 Å². The van der Waals surface area contributed by atoms with E-state index in [1.54, 1.807) is 0 Å². The minimum Gasteiger partial charge on any atom is -0.488 e. The number of aryl methyl sites for hydroxylation is 1. The summed E-state index contributed by atoms with van der Waals surface area (Å²) in [6.45, 7) is 12.2. The van der Waals surface area contributed by atoms with Gasteiger partial charge >= 0.3 is 0 Å². The fourth-order valence-electron chi connectivity index (χ4n) is 1.68. The highest BCUT2D eigenvalue weighted by molar-refractivity contribution is 5.54. The van der Waals surface area contributed by atoms with Gasteiger partial charge in [0.1, 0.15) is 11.4 Å². The third kappa shape index (κ3) is 3.73. The SMILES string of the molecule is C=Cc1ccc(OC(C)(C)C)cc1CCC. The summed E-state index contributed by atoms with van der Waals surface area (Å²) in [5.74, 6) is 0.946. The summed E-state index contributed by atoms with van der Waals surface area (Å²) in [7, 11) is 0. The van der Waals surface area contributed by atoms with Crippen molar-refractivity contribution >= 4 is 6.08 Å². The quantitative estimate of drug-likeness (QED) is 0.725. The number of rotatable bonds is 4. The van der Waals surface area contributed by atoms with Crippen LogP contribution in [-0.2, 0) is 6.42 Å². The first-order valence-corrected chi connectivity index (χ1v) is 5.90. The number of hydrogen-bond donors (Lipinski definition) is 0. The Morgan fingerprint density at radius 2 is 2.00 bits per heavy atom. The van der Waals surface area contributed by atoms with Crippen LogP contribution in [-0.4, -0.2) is 5.60 Å². The lowest BCUT2D eigenvalue weighted by molar-refractivity contribution is 0.131. The topological polar surface area (TPSA) is 9.23 Å². The van der Waals surface area contributed by atoms with E-state index < -0.39 is 0 Å². The molecule has 0 amide bonds. The van der Waals surface area contributed by atoms with Crippen LogP contribution >= 0.6 is 0 Å². The molecule has 16 heavy (non-hydrogen) atoms. The molecule has 0 atom stereocenters. The maximum atomic E-state index is 5.85. The average Bonchev–Trinajstić information content (AvgIpc) is 2.16. The van der Waals surface area contributed by atoms with Crippen LogP contribution < -0.4 is 4.74 Å². The van der Waals surface area contributed by atoms with Crippen molar-refractivity contribution in [1.29, 1.82) is 0 Å². The van der Waals surface area contributed by atoms with E-state index in [2.05, 4.69) is 46.4 Å². The van der Waals surface area contributed by atoms with Crippen LogP contribution in [0.25, 0.3) is 6.08 Å². The van der Waals surface area contributed by atoms with E-state index in [9.17, 15) is 0 Å². The van der Waals surface area contributed by atoms with E-state index in [1.165, 1.54) is 11.1 Å². The molecular formula is C15H22O. The molecule has 0 bridgehead atoms. The third-order valence-corrected chi connectivity index (χ3v) is 2.28. The van der Waals surface area contributed by atoms with E-state index in [0.29, 0.717) is 0 Å². The van der Waals surface area contributed by atoms with Crippen molar-refractivity contribution in [3.05, 3.63) is 35.9 Å². The lowest BCUT2D eigenvalue weighted by Gasteiger charge is -2.22. The molecule has 0 spiro atoms. The number of benzene rings is 1. The van der Waals surface area contributed by atoms with Gasteiger partial charge in [0.25, 0.3) is 0 Å². The summed E-state index contributed by atoms with van der Waals surface area (Å²) in [4.78, 5) is 0. The molecule has 1 rings (SSSR count). The van der Waals surface area contributed by atoms with E-state index in [4.69, 9.17) is 4.74 Å². The maximum absolute atomic E-state index is 5.85. The van der Waals surface area contributed by atoms with Gasteiger partial charge in [-0.25, -0.2) is 0 Å². The van der Waals surface area contributed by atoms with Gasteiger partial charge in [-0.1, -0.05) is 32.1 Å². The first kappa shape index (κ1) is 12.8. The molecule has 0 fully saturated rings. The van der Waals surface area contributed by atoms with Crippen LogP contribution in [0.2, 0.25) is 0 Å². The third-order valence-electron chi connectivity index (χ3n) is 2.28. The van der Waals surface area contributed by atoms with Gasteiger partial charge in [0.15, 0.2) is 0 Å². The lowest BCUT2D eigenvalue weighted by Crippen LogP contribution is -2.23. The zero-order valence-electron chi connectivity index (χ0n) is 10.8. The van der Waals surface area contributed by atoms with E-state index in [-0.39, 0.29) is 5.60 Å². The molecule has 0 aliphatic heterocycles. The molecule has 0 saturated heterocycles. The molecule has 0 aromatic heterocycles. The largest absolute Gasteiger partial charge is 0.488 e. The van der Waals surface area contributed by atoms with Crippen LogP contribution in [0.3, 0.4) is 0 Å². The predicted octanol–water partition coefficient (Wildman–Crippen LogP) is 4.46. The molecule has 1 heteroatoms. The molecule has 1 aromatic rings. The highest BCUT2D eigenvalue weighted by atomic mass is 16.5. The Labute approximate surface area is 99.1 Å². The Bertz CT molecular complexity index is 358. The average molecular weight is 218 g/mol. The molecule has 0 aliphatic rings. The molecule has 1 nitrogen and oxygen atoms in total. The second-order valence-electron chi connectivity index (χ2n) is 5.03. The molecular weight excluding hydrogens is 196 g/mol. The highest BCUT2D eigenvalue weighted by Gasteiger charge is 2.12. The molecule has 1 aromatic carbocycles. The molecule has 0 heterocycles. The Hall–Kier alpha value is -1.24. The Morgan fingerprint density at radius 3 is 2.50 bits per heavy atom. The fourth-order valence-corrected chi connectivity index (χ4v) is 1.68. The van der Waals surface area contributed by atoms with Crippen molar-refractivity contribution < 1.29 is 4.74 Å². The van der Waals surface area contributed by atoms with Gasteiger partial charge in [-0.15, -0.1) is 0 Å². The van der Waals surface area contributed by atoms with Crippen LogP contribution in [0.4, 0.5) is 0 Å². The summed E-state index contributed by atoms with van der Waals surface area (Å²) in [6, 6.07) is 6.23. The van der Waals surface area contributed by atoms with Crippen molar-refractivity contribution in [2.24, 2.45) is 0 Å². The second-order valence-corrected chi connectivity index (χ2v) is 5.03. The molecule has 0 radical (unpaired) electrons. The van der Waals surface area contributed by atoms with Crippen LogP contribution in [0.15, 0.2) is 24.8 Å². The lowest BCUT2D eigenvalue weighted by atomic mass is 10.0. The van der Waals surface area contributed by atoms with Gasteiger partial charge in [0.05, 0.1) is 0 Å². The highest BCUT2D eigenvalue weighted by Crippen LogP contribution is 2.23. The van der Waals surface area contributed by atoms with Crippen LogP contribution in [0, 0.1) is 0 Å². The summed E-state index contributed by atoms with van der Waals surface area (Å²) < 4.78 is 5.85. The smallest absolute Gasteiger partial charge is 0.120 e. The van der Waals surface area contributed by atoms with Crippen LogP contribution in [0.1, 0.15) is 45.2 Å². The maximum Gasteiger partial charge on any atom is 0.120 e. The first-order chi connectivity index (χ1) is 7.46. The molecule has 0 unspecified atom stereocenters. The normalized spacial score (nSPS) is 11.2. The molecule has 0 saturated carbocycles. The van der Waals surface area contributed by atoms with Gasteiger partial charge in [-0.3, -0.25) is 0 Å². The zero-order chi connectivity index (χ0) is 12.2. The van der Waals surface area contributed by atoms with Gasteiger partial charge in [0.2, 0.25) is 0 Å². The summed E-state index contributed by atoms with van der Waals surface area (Å²) in [6.07, 6.45) is 4.12. The van der Waals surface area contributed by atoms with Crippen LogP contribution in [0.5, 0.6) is 5.75 Å². The number of hydrogen-bond acceptors (Lipinski definition) is 1. The monoisotopic (exact) mass is 218 g/mol. The summed E-state index contributed by atoms with van der Waals surface area (Å²) >= 11 is 0. The fraction of sp³-hybridized carbons (Fsp3) is 0.467. The van der Waals surface area contributed by atoms with Gasteiger partial charge in [-0.2, -0.15) is 0 Å². The van der Waals surface area contributed by atoms with E-state index in [0.717, 1.165) is 18.6 Å². The molecule has 0 aliphatic carbocycles. The van der Waals surface area contributed by atoms with Crippen molar-refractivity contribution in [3.8, 4) is 5.75 Å². The van der Waals surface area contributed by atoms with Crippen molar-refractivity contribution in [1.82, 2.24) is 0 Å². The van der Waals surface area contributed by atoms with E-state index in [1.807, 2.05) is 12.1 Å². The Kier molecular flexibility index (Phi) is 4.17. The van der Waals surface area contributed by atoms with E-state index >= 15 is 0 Å². The summed E-state index contributed by atoms with van der Waals surface area (Å²) in [5, 5.41) is 0. The second kappa shape index (κ2) is 5.20. The van der Waals surface area contributed by atoms with Crippen molar-refractivity contribution in [2.75, 3.05) is 0 Å². The van der Waals surface area contributed by atoms with Gasteiger partial charge < -0.3 is 4.74 Å². The van der Waals surface area contributed by atoms with Crippen molar-refractivity contribution in [3.63, 3.8) is 0 Å². The zero-order valence-corrected chi connectivity index (χ0v) is 10.8. The molecule has 0 N–H and O–H groups in total.